The number of aliphatic imine (C=N–C) groups is 2. The van der Waals surface area contributed by atoms with Crippen LogP contribution >= 0.6 is 11.6 Å². The molecule has 0 spiro atoms. The molecule has 8 rings (SSSR count). The third-order valence-corrected chi connectivity index (χ3v) is 8.03. The molecule has 0 saturated heterocycles. The number of hydrogen-bond donors (Lipinski definition) is 1. The molecular weight excluding hydrogens is 538 g/mol. The first-order valence-corrected chi connectivity index (χ1v) is 14.3. The van der Waals surface area contributed by atoms with Gasteiger partial charge in [0.15, 0.2) is 5.84 Å². The Kier molecular flexibility index (Phi) is 5.87. The molecule has 1 aromatic heterocycles. The number of amidine groups is 2. The lowest BCUT2D eigenvalue weighted by atomic mass is 9.91. The van der Waals surface area contributed by atoms with Crippen LogP contribution in [0.4, 0.5) is 0 Å². The van der Waals surface area contributed by atoms with Crippen LogP contribution in [0.5, 0.6) is 0 Å². The van der Waals surface area contributed by atoms with Gasteiger partial charge in [0.25, 0.3) is 0 Å². The first-order chi connectivity index (χ1) is 20.7. The number of nitrogens with one attached hydrogen (secondary N) is 1. The van der Waals surface area contributed by atoms with E-state index in [1.165, 1.54) is 0 Å². The molecule has 6 aromatic carbocycles. The predicted molar refractivity (Wildman–Crippen MR) is 174 cm³/mol. The van der Waals surface area contributed by atoms with E-state index in [0.717, 1.165) is 66.4 Å². The van der Waals surface area contributed by atoms with E-state index in [4.69, 9.17) is 26.0 Å². The summed E-state index contributed by atoms with van der Waals surface area (Å²) >= 11 is 6.65. The van der Waals surface area contributed by atoms with Gasteiger partial charge in [-0.05, 0) is 34.0 Å². The zero-order valence-electron chi connectivity index (χ0n) is 22.5. The highest BCUT2D eigenvalue weighted by atomic mass is 35.5. The van der Waals surface area contributed by atoms with Gasteiger partial charge in [-0.15, -0.1) is 0 Å². The van der Waals surface area contributed by atoms with Crippen molar-refractivity contribution in [1.82, 2.24) is 5.32 Å². The number of hydrogen-bond acceptors (Lipinski definition) is 4. The summed E-state index contributed by atoms with van der Waals surface area (Å²) < 4.78 is 6.21. The van der Waals surface area contributed by atoms with E-state index in [0.29, 0.717) is 10.9 Å². The van der Waals surface area contributed by atoms with Gasteiger partial charge in [0.05, 0.1) is 0 Å². The van der Waals surface area contributed by atoms with Crippen molar-refractivity contribution in [2.75, 3.05) is 0 Å². The summed E-state index contributed by atoms with van der Waals surface area (Å²) in [6.45, 7) is 0. The molecule has 0 radical (unpaired) electrons. The van der Waals surface area contributed by atoms with E-state index in [1.54, 1.807) is 0 Å². The molecule has 0 bridgehead atoms. The number of fused-ring (bicyclic) bond motifs is 4. The standard InChI is InChI=1S/C37H24ClN3O/c38-25-21-31(34-30-17-9-10-18-32(30)42-33(34)22-25)28-19-20-29(27-16-8-7-15-26(27)28)37-40-35(23-11-3-1-4-12-23)39-36(41-37)24-13-5-2-6-14-24/h1-22,37H,(H,39,40,41). The van der Waals surface area contributed by atoms with Crippen molar-refractivity contribution >= 4 is 56.0 Å². The van der Waals surface area contributed by atoms with Crippen LogP contribution in [0.3, 0.4) is 0 Å². The smallest absolute Gasteiger partial charge is 0.159 e. The largest absolute Gasteiger partial charge is 0.456 e. The lowest BCUT2D eigenvalue weighted by Gasteiger charge is -2.25. The number of benzene rings is 6. The lowest BCUT2D eigenvalue weighted by molar-refractivity contribution is 0.669. The number of nitrogens with zero attached hydrogens (tertiary/aromatic N) is 2. The maximum Gasteiger partial charge on any atom is 0.159 e. The van der Waals surface area contributed by atoms with E-state index in [2.05, 4.69) is 59.9 Å². The van der Waals surface area contributed by atoms with Crippen LogP contribution in [0.25, 0.3) is 43.8 Å². The molecule has 42 heavy (non-hydrogen) atoms. The normalized spacial score (nSPS) is 15.0. The van der Waals surface area contributed by atoms with Crippen LogP contribution in [0.1, 0.15) is 22.9 Å². The Hall–Kier alpha value is -5.19. The van der Waals surface area contributed by atoms with Crippen LogP contribution in [-0.2, 0) is 0 Å². The van der Waals surface area contributed by atoms with Crippen molar-refractivity contribution in [2.24, 2.45) is 9.98 Å². The molecule has 0 fully saturated rings. The van der Waals surface area contributed by atoms with Gasteiger partial charge < -0.3 is 9.73 Å². The van der Waals surface area contributed by atoms with Gasteiger partial charge in [0.2, 0.25) is 0 Å². The first-order valence-electron chi connectivity index (χ1n) is 13.9. The van der Waals surface area contributed by atoms with Crippen LogP contribution in [0.2, 0.25) is 5.02 Å². The van der Waals surface area contributed by atoms with Gasteiger partial charge >= 0.3 is 0 Å². The van der Waals surface area contributed by atoms with Gasteiger partial charge in [-0.3, -0.25) is 0 Å². The zero-order valence-corrected chi connectivity index (χ0v) is 23.2. The summed E-state index contributed by atoms with van der Waals surface area (Å²) in [5.41, 5.74) is 6.82. The predicted octanol–water partition coefficient (Wildman–Crippen LogP) is 9.55. The molecule has 4 nitrogen and oxygen atoms in total. The number of para-hydroxylation sites is 1. The highest BCUT2D eigenvalue weighted by Crippen LogP contribution is 2.42. The molecule has 1 atom stereocenters. The first kappa shape index (κ1) is 24.6. The fourth-order valence-electron chi connectivity index (χ4n) is 5.90. The molecule has 200 valence electrons. The molecule has 0 saturated carbocycles. The highest BCUT2D eigenvalue weighted by molar-refractivity contribution is 6.32. The monoisotopic (exact) mass is 561 g/mol. The maximum absolute atomic E-state index is 6.65. The van der Waals surface area contributed by atoms with E-state index in [1.807, 2.05) is 78.9 Å². The Bertz CT molecular complexity index is 2180. The van der Waals surface area contributed by atoms with Crippen LogP contribution in [0, 0.1) is 0 Å². The van der Waals surface area contributed by atoms with Crippen molar-refractivity contribution in [1.29, 1.82) is 0 Å². The second kappa shape index (κ2) is 10.0. The summed E-state index contributed by atoms with van der Waals surface area (Å²) in [6, 6.07) is 45.2. The molecule has 0 aliphatic carbocycles. The quantitative estimate of drug-likeness (QED) is 0.232. The average molecular weight is 562 g/mol. The number of rotatable bonds is 4. The van der Waals surface area contributed by atoms with E-state index >= 15 is 0 Å². The Labute approximate surface area is 247 Å². The summed E-state index contributed by atoms with van der Waals surface area (Å²) in [4.78, 5) is 10.1. The van der Waals surface area contributed by atoms with Crippen molar-refractivity contribution in [3.05, 3.63) is 155 Å². The van der Waals surface area contributed by atoms with E-state index in [9.17, 15) is 0 Å². The molecule has 0 amide bonds. The SMILES string of the molecule is Clc1cc(-c2ccc(C3N=C(c4ccccc4)N=C(c4ccccc4)N3)c3ccccc23)c2c(c1)oc1ccccc12. The number of halogens is 1. The topological polar surface area (TPSA) is 49.9 Å². The summed E-state index contributed by atoms with van der Waals surface area (Å²) in [7, 11) is 0. The third-order valence-electron chi connectivity index (χ3n) is 7.81. The van der Waals surface area contributed by atoms with Crippen LogP contribution < -0.4 is 5.32 Å². The molecule has 2 heterocycles. The fraction of sp³-hybridized carbons (Fsp3) is 0.0270. The van der Waals surface area contributed by atoms with Gasteiger partial charge in [0.1, 0.15) is 23.2 Å². The minimum Gasteiger partial charge on any atom is -0.456 e. The van der Waals surface area contributed by atoms with Gasteiger partial charge in [-0.2, -0.15) is 0 Å². The minimum absolute atomic E-state index is 0.332. The molecule has 1 N–H and O–H groups in total. The Balaban J connectivity index is 1.33. The summed E-state index contributed by atoms with van der Waals surface area (Å²) in [5.74, 6) is 1.50. The second-order valence-electron chi connectivity index (χ2n) is 10.4. The third kappa shape index (κ3) is 4.16. The number of furan rings is 1. The summed E-state index contributed by atoms with van der Waals surface area (Å²) in [5, 5.41) is 8.62. The van der Waals surface area contributed by atoms with Crippen LogP contribution in [-0.4, -0.2) is 11.7 Å². The second-order valence-corrected chi connectivity index (χ2v) is 10.8. The molecule has 7 aromatic rings. The van der Waals surface area contributed by atoms with Gasteiger partial charge in [0, 0.05) is 38.6 Å². The van der Waals surface area contributed by atoms with Gasteiger partial charge in [-0.25, -0.2) is 9.98 Å². The van der Waals surface area contributed by atoms with Crippen LogP contribution in [0.15, 0.2) is 148 Å². The van der Waals surface area contributed by atoms with Crippen molar-refractivity contribution in [3.63, 3.8) is 0 Å². The van der Waals surface area contributed by atoms with Crippen molar-refractivity contribution in [2.45, 2.75) is 6.17 Å². The lowest BCUT2D eigenvalue weighted by Crippen LogP contribution is -2.33. The van der Waals surface area contributed by atoms with Crippen molar-refractivity contribution < 1.29 is 4.42 Å². The van der Waals surface area contributed by atoms with Crippen molar-refractivity contribution in [3.8, 4) is 11.1 Å². The minimum atomic E-state index is -0.332. The van der Waals surface area contributed by atoms with E-state index in [-0.39, 0.29) is 6.17 Å². The average Bonchev–Trinajstić information content (AvgIpc) is 3.43. The molecule has 1 aliphatic rings. The fourth-order valence-corrected chi connectivity index (χ4v) is 6.11. The Morgan fingerprint density at radius 1 is 0.595 bits per heavy atom. The van der Waals surface area contributed by atoms with E-state index < -0.39 is 0 Å². The zero-order chi connectivity index (χ0) is 28.0. The summed E-state index contributed by atoms with van der Waals surface area (Å²) in [6.07, 6.45) is -0.332. The Morgan fingerprint density at radius 3 is 2.05 bits per heavy atom. The van der Waals surface area contributed by atoms with Gasteiger partial charge in [-0.1, -0.05) is 127 Å². The molecule has 5 heteroatoms. The maximum atomic E-state index is 6.65. The molecular formula is C37H24ClN3O. The molecule has 1 unspecified atom stereocenters. The highest BCUT2D eigenvalue weighted by Gasteiger charge is 2.24. The Morgan fingerprint density at radius 2 is 1.26 bits per heavy atom. The molecule has 1 aliphatic heterocycles.